The van der Waals surface area contributed by atoms with Crippen LogP contribution in [0.1, 0.15) is 6.92 Å². The van der Waals surface area contributed by atoms with Gasteiger partial charge in [-0.2, -0.15) is 0 Å². The van der Waals surface area contributed by atoms with Gasteiger partial charge in [-0.3, -0.25) is 0 Å². The van der Waals surface area contributed by atoms with Crippen LogP contribution in [0.2, 0.25) is 0 Å². The van der Waals surface area contributed by atoms with Crippen molar-refractivity contribution in [3.05, 3.63) is 33.9 Å². The van der Waals surface area contributed by atoms with Crippen molar-refractivity contribution >= 4 is 7.25 Å². The van der Waals surface area contributed by atoms with Crippen molar-refractivity contribution in [2.24, 2.45) is 0 Å². The van der Waals surface area contributed by atoms with Crippen LogP contribution in [0, 0.1) is 13.4 Å². The van der Waals surface area contributed by atoms with E-state index in [1.165, 1.54) is 3.57 Å². The first kappa shape index (κ1) is 14.3. The van der Waals surface area contributed by atoms with Gasteiger partial charge in [0.05, 0.1) is 0 Å². The third-order valence-electron chi connectivity index (χ3n) is 0.984. The van der Waals surface area contributed by atoms with Crippen molar-refractivity contribution in [3.8, 4) is 9.85 Å². The number of hydrogen-bond acceptors (Lipinski definition) is 0. The second-order valence-corrected chi connectivity index (χ2v) is 4.55. The average molecular weight is 330 g/mol. The van der Waals surface area contributed by atoms with Gasteiger partial charge in [-0.25, -0.2) is 0 Å². The summed E-state index contributed by atoms with van der Waals surface area (Å²) in [6, 6.07) is 10.4. The van der Waals surface area contributed by atoms with Crippen LogP contribution >= 0.6 is 0 Å². The second-order valence-electron chi connectivity index (χ2n) is 2.23. The van der Waals surface area contributed by atoms with Crippen molar-refractivity contribution in [1.82, 2.24) is 0 Å². The van der Waals surface area contributed by atoms with Crippen LogP contribution in [0.15, 0.2) is 30.3 Å². The van der Waals surface area contributed by atoms with E-state index in [-0.39, 0.29) is 21.2 Å². The zero-order valence-electron chi connectivity index (χ0n) is 7.85. The van der Waals surface area contributed by atoms with Gasteiger partial charge in [0, 0.05) is 6.92 Å². The molecule has 0 bridgehead atoms. The van der Waals surface area contributed by atoms with Gasteiger partial charge in [0.1, 0.15) is 0 Å². The SMILES string of the molecule is CC#C[I+]c1ccccc1.F[B-](F)(F)F. The highest BCUT2D eigenvalue weighted by molar-refractivity contribution is 6.50. The Hall–Kier alpha value is -0.705. The molecule has 82 valence electrons. The normalized spacial score (nSPS) is 9.40. The molecule has 1 aromatic carbocycles. The minimum Gasteiger partial charge on any atom is -0.418 e. The lowest BCUT2D eigenvalue weighted by molar-refractivity contribution is -0.535. The quantitative estimate of drug-likeness (QED) is 0.299. The fourth-order valence-corrected chi connectivity index (χ4v) is 1.94. The number of rotatable bonds is 1. The van der Waals surface area contributed by atoms with Crippen LogP contribution in [0.3, 0.4) is 0 Å². The molecule has 15 heavy (non-hydrogen) atoms. The molecule has 0 amide bonds. The summed E-state index contributed by atoms with van der Waals surface area (Å²) in [7, 11) is -6.00. The van der Waals surface area contributed by atoms with Crippen LogP contribution in [0.25, 0.3) is 0 Å². The summed E-state index contributed by atoms with van der Waals surface area (Å²) < 4.78 is 43.5. The first-order chi connectivity index (χ1) is 6.93. The maximum Gasteiger partial charge on any atom is 0.673 e. The van der Waals surface area contributed by atoms with Crippen LogP contribution in [0.5, 0.6) is 0 Å². The van der Waals surface area contributed by atoms with Crippen molar-refractivity contribution in [2.75, 3.05) is 0 Å². The molecule has 0 aliphatic rings. The van der Waals surface area contributed by atoms with Gasteiger partial charge in [0.2, 0.25) is 3.57 Å². The van der Waals surface area contributed by atoms with Crippen molar-refractivity contribution in [2.45, 2.75) is 6.92 Å². The molecule has 0 aliphatic heterocycles. The van der Waals surface area contributed by atoms with Gasteiger partial charge in [0.15, 0.2) is 3.93 Å². The molecule has 0 atom stereocenters. The highest BCUT2D eigenvalue weighted by Crippen LogP contribution is 2.06. The smallest absolute Gasteiger partial charge is 0.418 e. The predicted octanol–water partition coefficient (Wildman–Crippen LogP) is 0.226. The fraction of sp³-hybridized carbons (Fsp3) is 0.111. The molecular weight excluding hydrogens is 322 g/mol. The van der Waals surface area contributed by atoms with Crippen LogP contribution in [0.4, 0.5) is 17.3 Å². The Morgan fingerprint density at radius 1 is 1.07 bits per heavy atom. The van der Waals surface area contributed by atoms with Gasteiger partial charge in [-0.15, -0.1) is 0 Å². The Bertz CT molecular complexity index is 319. The lowest BCUT2D eigenvalue weighted by Crippen LogP contribution is -3.59. The van der Waals surface area contributed by atoms with E-state index >= 15 is 0 Å². The van der Waals surface area contributed by atoms with E-state index in [1.807, 2.05) is 13.0 Å². The van der Waals surface area contributed by atoms with E-state index in [0.717, 1.165) is 0 Å². The molecule has 0 fully saturated rings. The molecule has 1 aromatic rings. The number of benzene rings is 1. The van der Waals surface area contributed by atoms with E-state index in [4.69, 9.17) is 0 Å². The fourth-order valence-electron chi connectivity index (χ4n) is 0.579. The van der Waals surface area contributed by atoms with Gasteiger partial charge >= 0.3 is 28.5 Å². The second kappa shape index (κ2) is 7.57. The summed E-state index contributed by atoms with van der Waals surface area (Å²) in [4.78, 5) is 0. The molecule has 1 rings (SSSR count). The molecule has 0 saturated heterocycles. The Morgan fingerprint density at radius 2 is 1.53 bits per heavy atom. The van der Waals surface area contributed by atoms with Crippen molar-refractivity contribution in [1.29, 1.82) is 0 Å². The summed E-state index contributed by atoms with van der Waals surface area (Å²) in [5.74, 6) is 2.92. The Balaban J connectivity index is 0.000000336. The summed E-state index contributed by atoms with van der Waals surface area (Å²) in [5, 5.41) is 0. The molecule has 0 nitrogen and oxygen atoms in total. The van der Waals surface area contributed by atoms with E-state index in [1.54, 1.807) is 0 Å². The molecule has 0 unspecified atom stereocenters. The lowest BCUT2D eigenvalue weighted by atomic mass is 10.3. The van der Waals surface area contributed by atoms with E-state index in [0.29, 0.717) is 0 Å². The summed E-state index contributed by atoms with van der Waals surface area (Å²) in [6.45, 7) is 1.89. The first-order valence-corrected chi connectivity index (χ1v) is 6.07. The maximum atomic E-state index is 9.75. The van der Waals surface area contributed by atoms with E-state index < -0.39 is 7.25 Å². The van der Waals surface area contributed by atoms with Gasteiger partial charge < -0.3 is 17.3 Å². The third-order valence-corrected chi connectivity index (χ3v) is 3.14. The minimum absolute atomic E-state index is 0.0344. The number of hydrogen-bond donors (Lipinski definition) is 0. The van der Waals surface area contributed by atoms with Crippen LogP contribution in [-0.4, -0.2) is 7.25 Å². The summed E-state index contributed by atoms with van der Waals surface area (Å²) >= 11 is -0.0344. The third kappa shape index (κ3) is 13.3. The zero-order valence-corrected chi connectivity index (χ0v) is 10.0. The van der Waals surface area contributed by atoms with Gasteiger partial charge in [-0.1, -0.05) is 24.1 Å². The lowest BCUT2D eigenvalue weighted by Gasteiger charge is -1.94. The molecule has 0 spiro atoms. The predicted molar refractivity (Wildman–Crippen MR) is 48.8 cm³/mol. The molecule has 0 aliphatic carbocycles. The Kier molecular flexibility index (Phi) is 7.21. The van der Waals surface area contributed by atoms with E-state index in [2.05, 4.69) is 34.1 Å². The Morgan fingerprint density at radius 3 is 1.93 bits per heavy atom. The van der Waals surface area contributed by atoms with Crippen molar-refractivity contribution < 1.29 is 38.5 Å². The minimum atomic E-state index is -6.00. The molecule has 6 heteroatoms. The van der Waals surface area contributed by atoms with Gasteiger partial charge in [0.25, 0.3) is 0 Å². The molecule has 0 radical (unpaired) electrons. The van der Waals surface area contributed by atoms with Crippen molar-refractivity contribution in [3.63, 3.8) is 0 Å². The van der Waals surface area contributed by atoms with Gasteiger partial charge in [-0.05, 0) is 12.1 Å². The van der Waals surface area contributed by atoms with Crippen LogP contribution < -0.4 is 21.2 Å². The van der Waals surface area contributed by atoms with E-state index in [9.17, 15) is 17.3 Å². The summed E-state index contributed by atoms with van der Waals surface area (Å²) in [6.07, 6.45) is 0. The molecule has 0 heterocycles. The largest absolute Gasteiger partial charge is 0.673 e. The Labute approximate surface area is 96.4 Å². The topological polar surface area (TPSA) is 0 Å². The number of halogens is 5. The highest BCUT2D eigenvalue weighted by Gasteiger charge is 2.20. The average Bonchev–Trinajstić information content (AvgIpc) is 2.14. The molecular formula is C9H8BF4I. The van der Waals surface area contributed by atoms with Crippen LogP contribution in [-0.2, 0) is 0 Å². The first-order valence-electron chi connectivity index (χ1n) is 3.91. The molecule has 0 N–H and O–H groups in total. The highest BCUT2D eigenvalue weighted by atomic mass is 127. The molecule has 0 aromatic heterocycles. The zero-order chi connectivity index (χ0) is 11.7. The standard InChI is InChI=1S/C9H8I.BF4/c1-2-8-10-9-6-4-3-5-7-9;2-1(3,4)5/h3-7H,1H3;/q+1;-1. The molecule has 0 saturated carbocycles. The monoisotopic (exact) mass is 330 g/mol. The summed E-state index contributed by atoms with van der Waals surface area (Å²) in [5.41, 5.74) is 0. The maximum absolute atomic E-state index is 9.75.